The Bertz CT molecular complexity index is 557. The summed E-state index contributed by atoms with van der Waals surface area (Å²) in [4.78, 5) is 25.3. The predicted molar refractivity (Wildman–Crippen MR) is 170 cm³/mol. The van der Waals surface area contributed by atoms with E-state index in [1.54, 1.807) is 0 Å². The molecule has 0 fully saturated rings. The second kappa shape index (κ2) is 31.6. The highest BCUT2D eigenvalue weighted by Gasteiger charge is 2.14. The van der Waals surface area contributed by atoms with Crippen molar-refractivity contribution in [2.45, 2.75) is 174 Å². The maximum absolute atomic E-state index is 12.6. The van der Waals surface area contributed by atoms with Gasteiger partial charge >= 0.3 is 12.1 Å². The van der Waals surface area contributed by atoms with Crippen LogP contribution in [0.3, 0.4) is 0 Å². The molecular formula is C34H67NO6. The summed E-state index contributed by atoms with van der Waals surface area (Å²) in [6.45, 7) is 7.60. The zero-order chi connectivity index (χ0) is 30.2. The fraction of sp³-hybridized carbons (Fsp3) is 0.941. The van der Waals surface area contributed by atoms with Crippen LogP contribution in [0.15, 0.2) is 0 Å². The Morgan fingerprint density at radius 2 is 1.07 bits per heavy atom. The van der Waals surface area contributed by atoms with Crippen LogP contribution in [0.4, 0.5) is 4.79 Å². The van der Waals surface area contributed by atoms with E-state index < -0.39 is 6.16 Å². The number of carbonyl (C=O) groups is 2. The van der Waals surface area contributed by atoms with E-state index in [0.29, 0.717) is 13.0 Å². The van der Waals surface area contributed by atoms with Crippen LogP contribution in [-0.4, -0.2) is 66.2 Å². The molecule has 0 spiro atoms. The van der Waals surface area contributed by atoms with Crippen molar-refractivity contribution in [2.24, 2.45) is 0 Å². The van der Waals surface area contributed by atoms with Gasteiger partial charge in [-0.2, -0.15) is 0 Å². The number of carboxylic acid groups (broad SMARTS) is 1. The first-order valence-electron chi connectivity index (χ1n) is 17.4. The Morgan fingerprint density at radius 1 is 0.610 bits per heavy atom. The molecule has 0 aromatic heterocycles. The Hall–Kier alpha value is -1.34. The van der Waals surface area contributed by atoms with Crippen molar-refractivity contribution < 1.29 is 29.3 Å². The highest BCUT2D eigenvalue weighted by atomic mass is 16.7. The summed E-state index contributed by atoms with van der Waals surface area (Å²) in [7, 11) is 0. The number of unbranched alkanes of at least 4 members (excludes halogenated alkanes) is 17. The topological polar surface area (TPSA) is 96.3 Å². The van der Waals surface area contributed by atoms with Gasteiger partial charge in [0, 0.05) is 13.0 Å². The Labute approximate surface area is 253 Å². The SMILES string of the molecule is CCCCCCCCC(CCCCCCCC)OC(=O)CCCCCCCN(CCO)CCCCCCOC(=O)O. The molecule has 0 rings (SSSR count). The summed E-state index contributed by atoms with van der Waals surface area (Å²) >= 11 is 0. The average Bonchev–Trinajstić information content (AvgIpc) is 2.95. The molecular weight excluding hydrogens is 518 g/mol. The molecule has 0 saturated carbocycles. The monoisotopic (exact) mass is 585 g/mol. The van der Waals surface area contributed by atoms with Gasteiger partial charge in [-0.05, 0) is 64.5 Å². The van der Waals surface area contributed by atoms with Gasteiger partial charge in [0.25, 0.3) is 0 Å². The van der Waals surface area contributed by atoms with Gasteiger partial charge in [-0.3, -0.25) is 4.79 Å². The minimum Gasteiger partial charge on any atom is -0.462 e. The van der Waals surface area contributed by atoms with Crippen molar-refractivity contribution in [3.05, 3.63) is 0 Å². The van der Waals surface area contributed by atoms with Crippen LogP contribution in [0, 0.1) is 0 Å². The molecule has 244 valence electrons. The molecule has 0 unspecified atom stereocenters. The third kappa shape index (κ3) is 29.9. The zero-order valence-corrected chi connectivity index (χ0v) is 27.1. The number of ether oxygens (including phenoxy) is 2. The first-order valence-corrected chi connectivity index (χ1v) is 17.4. The number of hydrogen-bond acceptors (Lipinski definition) is 6. The molecule has 0 aliphatic carbocycles. The molecule has 0 radical (unpaired) electrons. The van der Waals surface area contributed by atoms with Crippen LogP contribution < -0.4 is 0 Å². The van der Waals surface area contributed by atoms with E-state index in [4.69, 9.17) is 9.84 Å². The van der Waals surface area contributed by atoms with Gasteiger partial charge in [0.15, 0.2) is 0 Å². The lowest BCUT2D eigenvalue weighted by molar-refractivity contribution is -0.150. The zero-order valence-electron chi connectivity index (χ0n) is 27.1. The first-order chi connectivity index (χ1) is 20.0. The molecule has 0 atom stereocenters. The lowest BCUT2D eigenvalue weighted by Crippen LogP contribution is -2.29. The second-order valence-electron chi connectivity index (χ2n) is 11.8. The Balaban J connectivity index is 4.04. The van der Waals surface area contributed by atoms with E-state index in [9.17, 15) is 14.7 Å². The summed E-state index contributed by atoms with van der Waals surface area (Å²) in [6.07, 6.45) is 26.0. The van der Waals surface area contributed by atoms with E-state index in [1.807, 2.05) is 0 Å². The lowest BCUT2D eigenvalue weighted by atomic mass is 10.0. The molecule has 0 saturated heterocycles. The maximum atomic E-state index is 12.6. The molecule has 2 N–H and O–H groups in total. The smallest absolute Gasteiger partial charge is 0.462 e. The Morgan fingerprint density at radius 3 is 1.59 bits per heavy atom. The minimum absolute atomic E-state index is 0.00407. The number of hydrogen-bond donors (Lipinski definition) is 2. The van der Waals surface area contributed by atoms with Crippen molar-refractivity contribution in [1.82, 2.24) is 4.90 Å². The molecule has 0 heterocycles. The van der Waals surface area contributed by atoms with Gasteiger partial charge in [0.05, 0.1) is 13.2 Å². The van der Waals surface area contributed by atoms with Crippen LogP contribution in [0.2, 0.25) is 0 Å². The molecule has 0 aliphatic rings. The highest BCUT2D eigenvalue weighted by molar-refractivity contribution is 5.69. The van der Waals surface area contributed by atoms with E-state index in [1.165, 1.54) is 77.0 Å². The van der Waals surface area contributed by atoms with Crippen LogP contribution >= 0.6 is 0 Å². The molecule has 0 aromatic rings. The van der Waals surface area contributed by atoms with Crippen LogP contribution in [0.1, 0.15) is 168 Å². The van der Waals surface area contributed by atoms with Crippen molar-refractivity contribution in [2.75, 3.05) is 32.8 Å². The van der Waals surface area contributed by atoms with Gasteiger partial charge in [0.1, 0.15) is 6.10 Å². The van der Waals surface area contributed by atoms with Gasteiger partial charge in [-0.25, -0.2) is 4.79 Å². The summed E-state index contributed by atoms with van der Waals surface area (Å²) in [5.41, 5.74) is 0. The summed E-state index contributed by atoms with van der Waals surface area (Å²) in [5.74, 6) is -0.00407. The number of esters is 1. The number of carbonyl (C=O) groups excluding carboxylic acids is 1. The molecule has 0 bridgehead atoms. The van der Waals surface area contributed by atoms with Crippen molar-refractivity contribution in [3.63, 3.8) is 0 Å². The maximum Gasteiger partial charge on any atom is 0.505 e. The quantitative estimate of drug-likeness (QED) is 0.0600. The van der Waals surface area contributed by atoms with Crippen molar-refractivity contribution in [1.29, 1.82) is 0 Å². The van der Waals surface area contributed by atoms with E-state index in [2.05, 4.69) is 23.5 Å². The molecule has 7 heteroatoms. The number of aliphatic hydroxyl groups excluding tert-OH is 1. The third-order valence-electron chi connectivity index (χ3n) is 7.92. The van der Waals surface area contributed by atoms with E-state index in [0.717, 1.165) is 83.7 Å². The normalized spacial score (nSPS) is 11.4. The summed E-state index contributed by atoms with van der Waals surface area (Å²) in [5, 5.41) is 17.9. The average molecular weight is 586 g/mol. The van der Waals surface area contributed by atoms with Crippen molar-refractivity contribution >= 4 is 12.1 Å². The fourth-order valence-electron chi connectivity index (χ4n) is 5.37. The number of rotatable bonds is 32. The Kier molecular flexibility index (Phi) is 30.6. The summed E-state index contributed by atoms with van der Waals surface area (Å²) < 4.78 is 10.5. The molecule has 0 aliphatic heterocycles. The predicted octanol–water partition coefficient (Wildman–Crippen LogP) is 9.29. The van der Waals surface area contributed by atoms with E-state index >= 15 is 0 Å². The lowest BCUT2D eigenvalue weighted by Gasteiger charge is -2.21. The molecule has 41 heavy (non-hydrogen) atoms. The largest absolute Gasteiger partial charge is 0.505 e. The second-order valence-corrected chi connectivity index (χ2v) is 11.8. The summed E-state index contributed by atoms with van der Waals surface area (Å²) in [6, 6.07) is 0. The highest BCUT2D eigenvalue weighted by Crippen LogP contribution is 2.18. The molecule has 7 nitrogen and oxygen atoms in total. The number of nitrogens with zero attached hydrogens (tertiary/aromatic N) is 1. The van der Waals surface area contributed by atoms with E-state index in [-0.39, 0.29) is 25.3 Å². The fourth-order valence-corrected chi connectivity index (χ4v) is 5.37. The number of aliphatic hydroxyl groups is 1. The van der Waals surface area contributed by atoms with Gasteiger partial charge in [-0.15, -0.1) is 0 Å². The minimum atomic E-state index is -1.20. The van der Waals surface area contributed by atoms with Crippen LogP contribution in [-0.2, 0) is 14.3 Å². The van der Waals surface area contributed by atoms with Crippen molar-refractivity contribution in [3.8, 4) is 0 Å². The van der Waals surface area contributed by atoms with Gasteiger partial charge in [-0.1, -0.05) is 110 Å². The molecule has 0 amide bonds. The molecule has 0 aromatic carbocycles. The van der Waals surface area contributed by atoms with Crippen LogP contribution in [0.25, 0.3) is 0 Å². The van der Waals surface area contributed by atoms with Gasteiger partial charge < -0.3 is 24.6 Å². The van der Waals surface area contributed by atoms with Gasteiger partial charge in [0.2, 0.25) is 0 Å². The first kappa shape index (κ1) is 39.7. The standard InChI is InChI=1S/C34H67NO6/c1-3-5-7-9-12-18-24-32(25-19-13-10-8-6-4-2)41-33(37)26-20-14-11-15-21-27-35(29-30-36)28-22-16-17-23-31-40-34(38)39/h32,36H,3-31H2,1-2H3,(H,38,39). The van der Waals surface area contributed by atoms with Crippen LogP contribution in [0.5, 0.6) is 0 Å². The third-order valence-corrected chi connectivity index (χ3v) is 7.92.